The maximum atomic E-state index is 12.0. The minimum atomic E-state index is -0.521. The predicted molar refractivity (Wildman–Crippen MR) is 81.6 cm³/mol. The lowest BCUT2D eigenvalue weighted by atomic mass is 10.2. The summed E-state index contributed by atoms with van der Waals surface area (Å²) in [5, 5.41) is 3.36. The minimum absolute atomic E-state index is 0.186. The first-order valence-corrected chi connectivity index (χ1v) is 7.29. The fourth-order valence-electron chi connectivity index (χ4n) is 1.85. The van der Waals surface area contributed by atoms with Crippen molar-refractivity contribution in [2.75, 3.05) is 37.9 Å². The first kappa shape index (κ1) is 16.3. The summed E-state index contributed by atoms with van der Waals surface area (Å²) in [4.78, 5) is 26.1. The van der Waals surface area contributed by atoms with E-state index in [-0.39, 0.29) is 17.2 Å². The third-order valence-electron chi connectivity index (χ3n) is 2.77. The van der Waals surface area contributed by atoms with Crippen molar-refractivity contribution in [3.05, 3.63) is 10.4 Å². The van der Waals surface area contributed by atoms with Crippen LogP contribution in [-0.2, 0) is 4.74 Å². The summed E-state index contributed by atoms with van der Waals surface area (Å²) in [6.45, 7) is 5.13. The van der Waals surface area contributed by atoms with Crippen LogP contribution in [0.15, 0.2) is 0 Å². The van der Waals surface area contributed by atoms with Gasteiger partial charge in [-0.05, 0) is 13.3 Å². The van der Waals surface area contributed by atoms with Gasteiger partial charge in [-0.2, -0.15) is 0 Å². The number of carbonyl (C=O) groups excluding carboxylic acids is 2. The van der Waals surface area contributed by atoms with Crippen LogP contribution in [0.25, 0.3) is 0 Å². The molecule has 0 aliphatic heterocycles. The van der Waals surface area contributed by atoms with Crippen LogP contribution in [0, 0.1) is 0 Å². The van der Waals surface area contributed by atoms with Crippen LogP contribution in [0.1, 0.15) is 40.3 Å². The van der Waals surface area contributed by atoms with Gasteiger partial charge in [0.2, 0.25) is 0 Å². The van der Waals surface area contributed by atoms with Gasteiger partial charge in [-0.3, -0.25) is 4.79 Å². The molecule has 112 valence electrons. The van der Waals surface area contributed by atoms with Gasteiger partial charge in [0.25, 0.3) is 5.91 Å². The Hall–Kier alpha value is -1.76. The number of nitrogens with zero attached hydrogens (tertiary/aromatic N) is 1. The Labute approximate surface area is 122 Å². The van der Waals surface area contributed by atoms with Gasteiger partial charge in [-0.25, -0.2) is 4.79 Å². The summed E-state index contributed by atoms with van der Waals surface area (Å²) in [6, 6.07) is 0. The molecule has 7 heteroatoms. The summed E-state index contributed by atoms with van der Waals surface area (Å²) in [7, 11) is 3.16. The maximum Gasteiger partial charge on any atom is 0.343 e. The molecule has 3 N–H and O–H groups in total. The summed E-state index contributed by atoms with van der Waals surface area (Å²) < 4.78 is 4.77. The first-order valence-electron chi connectivity index (χ1n) is 6.47. The van der Waals surface area contributed by atoms with E-state index >= 15 is 0 Å². The Morgan fingerprint density at radius 1 is 1.40 bits per heavy atom. The van der Waals surface area contributed by atoms with Crippen molar-refractivity contribution in [3.8, 4) is 0 Å². The molecule has 0 fully saturated rings. The zero-order chi connectivity index (χ0) is 15.3. The minimum Gasteiger partial charge on any atom is -0.465 e. The zero-order valence-corrected chi connectivity index (χ0v) is 13.1. The molecule has 0 atom stereocenters. The molecule has 0 aromatic carbocycles. The molecule has 0 saturated heterocycles. The zero-order valence-electron chi connectivity index (χ0n) is 12.3. The third-order valence-corrected chi connectivity index (χ3v) is 4.08. The molecule has 0 aliphatic rings. The topological polar surface area (TPSA) is 84.7 Å². The summed E-state index contributed by atoms with van der Waals surface area (Å²) in [6.07, 6.45) is 0.922. The fourth-order valence-corrected chi connectivity index (χ4v) is 2.96. The Kier molecular flexibility index (Phi) is 5.82. The van der Waals surface area contributed by atoms with E-state index in [2.05, 4.69) is 5.32 Å². The lowest BCUT2D eigenvalue weighted by molar-refractivity contribution is 0.0603. The van der Waals surface area contributed by atoms with Crippen LogP contribution in [0.2, 0.25) is 0 Å². The van der Waals surface area contributed by atoms with Gasteiger partial charge in [0.05, 0.1) is 12.8 Å². The average molecular weight is 299 g/mol. The summed E-state index contributed by atoms with van der Waals surface area (Å²) in [5.41, 5.74) is 6.43. The van der Waals surface area contributed by atoms with E-state index in [0.29, 0.717) is 16.4 Å². The molecule has 1 aromatic heterocycles. The molecule has 0 unspecified atom stereocenters. The maximum absolute atomic E-state index is 12.0. The Balaban J connectivity index is 3.30. The molecular formula is C13H21N3O3S. The highest BCUT2D eigenvalue weighted by molar-refractivity contribution is 7.19. The smallest absolute Gasteiger partial charge is 0.343 e. The number of thiophene rings is 1. The van der Waals surface area contributed by atoms with Gasteiger partial charge in [-0.1, -0.05) is 6.92 Å². The van der Waals surface area contributed by atoms with Crippen LogP contribution in [0.4, 0.5) is 10.7 Å². The number of hydrogen-bond donors (Lipinski definition) is 2. The predicted octanol–water partition coefficient (Wildman–Crippen LogP) is 1.71. The van der Waals surface area contributed by atoms with Crippen molar-refractivity contribution in [2.24, 2.45) is 0 Å². The van der Waals surface area contributed by atoms with Gasteiger partial charge in [0.15, 0.2) is 0 Å². The van der Waals surface area contributed by atoms with Gasteiger partial charge in [0.1, 0.15) is 15.4 Å². The van der Waals surface area contributed by atoms with Crippen LogP contribution >= 0.6 is 11.3 Å². The highest BCUT2D eigenvalue weighted by Crippen LogP contribution is 2.38. The lowest BCUT2D eigenvalue weighted by Gasteiger charge is -2.17. The number of nitrogens with two attached hydrogens (primary N) is 1. The number of anilines is 2. The van der Waals surface area contributed by atoms with E-state index in [1.807, 2.05) is 25.8 Å². The second kappa shape index (κ2) is 7.14. The van der Waals surface area contributed by atoms with Gasteiger partial charge < -0.3 is 20.7 Å². The van der Waals surface area contributed by atoms with Crippen LogP contribution in [-0.4, -0.2) is 39.1 Å². The monoisotopic (exact) mass is 299 g/mol. The number of carbonyl (C=O) groups is 2. The highest BCUT2D eigenvalue weighted by Gasteiger charge is 2.27. The SMILES string of the molecule is CCCN(C)c1sc(C(=O)NCC)c(N)c1C(=O)OC. The molecule has 6 nitrogen and oxygen atoms in total. The second-order valence-electron chi connectivity index (χ2n) is 4.30. The molecule has 0 radical (unpaired) electrons. The number of nitrogen functional groups attached to an aromatic ring is 1. The molecular weight excluding hydrogens is 278 g/mol. The van der Waals surface area contributed by atoms with Crippen molar-refractivity contribution in [1.29, 1.82) is 0 Å². The lowest BCUT2D eigenvalue weighted by Crippen LogP contribution is -2.22. The number of ether oxygens (including phenoxy) is 1. The van der Waals surface area contributed by atoms with E-state index in [1.54, 1.807) is 0 Å². The van der Waals surface area contributed by atoms with Crippen molar-refractivity contribution < 1.29 is 14.3 Å². The molecule has 1 amide bonds. The highest BCUT2D eigenvalue weighted by atomic mass is 32.1. The Morgan fingerprint density at radius 3 is 2.55 bits per heavy atom. The second-order valence-corrected chi connectivity index (χ2v) is 5.30. The third kappa shape index (κ3) is 3.22. The van der Waals surface area contributed by atoms with E-state index in [9.17, 15) is 9.59 Å². The molecule has 20 heavy (non-hydrogen) atoms. The molecule has 0 saturated carbocycles. The number of rotatable bonds is 6. The number of nitrogens with one attached hydrogen (secondary N) is 1. The normalized spacial score (nSPS) is 10.2. The fraction of sp³-hybridized carbons (Fsp3) is 0.538. The van der Waals surface area contributed by atoms with Gasteiger partial charge in [0, 0.05) is 20.1 Å². The molecule has 1 aromatic rings. The van der Waals surface area contributed by atoms with Crippen molar-refractivity contribution in [1.82, 2.24) is 5.32 Å². The van der Waals surface area contributed by atoms with Crippen LogP contribution in [0.3, 0.4) is 0 Å². The van der Waals surface area contributed by atoms with E-state index in [1.165, 1.54) is 18.4 Å². The summed E-state index contributed by atoms with van der Waals surface area (Å²) in [5.74, 6) is -0.788. The molecule has 0 aliphatic carbocycles. The van der Waals surface area contributed by atoms with E-state index in [0.717, 1.165) is 13.0 Å². The number of hydrogen-bond acceptors (Lipinski definition) is 6. The quantitative estimate of drug-likeness (QED) is 0.781. The Bertz CT molecular complexity index is 499. The number of amides is 1. The van der Waals surface area contributed by atoms with E-state index in [4.69, 9.17) is 10.5 Å². The molecule has 1 rings (SSSR count). The molecule has 0 spiro atoms. The van der Waals surface area contributed by atoms with Crippen molar-refractivity contribution in [2.45, 2.75) is 20.3 Å². The van der Waals surface area contributed by atoms with Crippen LogP contribution < -0.4 is 16.0 Å². The molecule has 0 bridgehead atoms. The summed E-state index contributed by atoms with van der Waals surface area (Å²) >= 11 is 1.21. The average Bonchev–Trinajstić information content (AvgIpc) is 2.76. The number of esters is 1. The first-order chi connectivity index (χ1) is 9.47. The van der Waals surface area contributed by atoms with Gasteiger partial charge in [-0.15, -0.1) is 11.3 Å². The van der Waals surface area contributed by atoms with E-state index < -0.39 is 5.97 Å². The standard InChI is InChI=1S/C13H21N3O3S/c1-5-7-16(3)12-8(13(18)19-4)9(14)10(20-12)11(17)15-6-2/h5-7,14H2,1-4H3,(H,15,17). The van der Waals surface area contributed by atoms with Gasteiger partial charge >= 0.3 is 5.97 Å². The Morgan fingerprint density at radius 2 is 2.05 bits per heavy atom. The van der Waals surface area contributed by atoms with Crippen molar-refractivity contribution >= 4 is 33.9 Å². The van der Waals surface area contributed by atoms with Crippen LogP contribution in [0.5, 0.6) is 0 Å². The number of methoxy groups -OCH3 is 1. The van der Waals surface area contributed by atoms with Crippen molar-refractivity contribution in [3.63, 3.8) is 0 Å². The molecule has 1 heterocycles. The largest absolute Gasteiger partial charge is 0.465 e.